The smallest absolute Gasteiger partial charge is 0.317 e. The van der Waals surface area contributed by atoms with Gasteiger partial charge in [-0.1, -0.05) is 5.21 Å². The Morgan fingerprint density at radius 1 is 1.59 bits per heavy atom. The lowest BCUT2D eigenvalue weighted by atomic mass is 10.3. The molecule has 0 aliphatic rings. The first-order valence-corrected chi connectivity index (χ1v) is 4.97. The highest BCUT2D eigenvalue weighted by molar-refractivity contribution is 5.75. The first-order chi connectivity index (χ1) is 8.00. The molecule has 1 rings (SSSR count). The van der Waals surface area contributed by atoms with Crippen LogP contribution >= 0.6 is 0 Å². The SMILES string of the molecule is CC(NC(=O)N(C)CCC(=O)O)c1nn[nH]n1. The summed E-state index contributed by atoms with van der Waals surface area (Å²) in [5.74, 6) is -0.583. The molecule has 1 heterocycles. The van der Waals surface area contributed by atoms with Gasteiger partial charge in [0, 0.05) is 13.6 Å². The van der Waals surface area contributed by atoms with Gasteiger partial charge in [0.15, 0.2) is 5.82 Å². The molecule has 17 heavy (non-hydrogen) atoms. The number of aromatic amines is 1. The second kappa shape index (κ2) is 5.77. The maximum atomic E-state index is 11.6. The van der Waals surface area contributed by atoms with Crippen LogP contribution in [0, 0.1) is 0 Å². The maximum absolute atomic E-state index is 11.6. The van der Waals surface area contributed by atoms with Crippen molar-refractivity contribution in [2.24, 2.45) is 0 Å². The summed E-state index contributed by atoms with van der Waals surface area (Å²) in [7, 11) is 1.52. The fourth-order valence-corrected chi connectivity index (χ4v) is 1.08. The van der Waals surface area contributed by atoms with Crippen LogP contribution in [-0.4, -0.2) is 56.2 Å². The molecule has 0 aromatic carbocycles. The zero-order chi connectivity index (χ0) is 12.8. The number of rotatable bonds is 5. The summed E-state index contributed by atoms with van der Waals surface area (Å²) in [6.45, 7) is 1.84. The summed E-state index contributed by atoms with van der Waals surface area (Å²) < 4.78 is 0. The third-order valence-electron chi connectivity index (χ3n) is 2.10. The Kier molecular flexibility index (Phi) is 4.37. The van der Waals surface area contributed by atoms with Gasteiger partial charge in [0.1, 0.15) is 0 Å². The van der Waals surface area contributed by atoms with E-state index in [0.717, 1.165) is 0 Å². The Balaban J connectivity index is 2.40. The molecule has 0 aliphatic heterocycles. The minimum atomic E-state index is -0.948. The minimum Gasteiger partial charge on any atom is -0.481 e. The summed E-state index contributed by atoms with van der Waals surface area (Å²) in [6, 6.07) is -0.780. The molecule has 0 bridgehead atoms. The quantitative estimate of drug-likeness (QED) is 0.631. The molecular formula is C8H14N6O3. The number of amides is 2. The molecule has 2 amide bonds. The van der Waals surface area contributed by atoms with Gasteiger partial charge in [-0.15, -0.1) is 10.2 Å². The van der Waals surface area contributed by atoms with Crippen LogP contribution in [0.4, 0.5) is 4.79 Å². The number of hydrogen-bond acceptors (Lipinski definition) is 5. The van der Waals surface area contributed by atoms with Gasteiger partial charge >= 0.3 is 12.0 Å². The first-order valence-electron chi connectivity index (χ1n) is 4.97. The van der Waals surface area contributed by atoms with Crippen LogP contribution in [0.3, 0.4) is 0 Å². The second-order valence-corrected chi connectivity index (χ2v) is 3.51. The molecule has 0 radical (unpaired) electrons. The number of H-pyrrole nitrogens is 1. The number of hydrogen-bond donors (Lipinski definition) is 3. The van der Waals surface area contributed by atoms with Gasteiger partial charge in [0.25, 0.3) is 0 Å². The zero-order valence-corrected chi connectivity index (χ0v) is 9.54. The summed E-state index contributed by atoms with van der Waals surface area (Å²) in [6.07, 6.45) is -0.0967. The van der Waals surface area contributed by atoms with Crippen molar-refractivity contribution in [1.82, 2.24) is 30.8 Å². The average Bonchev–Trinajstić information content (AvgIpc) is 2.78. The van der Waals surface area contributed by atoms with E-state index in [9.17, 15) is 9.59 Å². The van der Waals surface area contributed by atoms with Crippen LogP contribution in [0.25, 0.3) is 0 Å². The van der Waals surface area contributed by atoms with Crippen LogP contribution in [0.5, 0.6) is 0 Å². The van der Waals surface area contributed by atoms with Gasteiger partial charge in [0.2, 0.25) is 0 Å². The third kappa shape index (κ3) is 4.05. The fourth-order valence-electron chi connectivity index (χ4n) is 1.08. The minimum absolute atomic E-state index is 0.0967. The highest BCUT2D eigenvalue weighted by Crippen LogP contribution is 2.03. The summed E-state index contributed by atoms with van der Waals surface area (Å²) in [5.41, 5.74) is 0. The highest BCUT2D eigenvalue weighted by Gasteiger charge is 2.16. The normalized spacial score (nSPS) is 11.9. The molecule has 9 heteroatoms. The van der Waals surface area contributed by atoms with Crippen LogP contribution in [0.1, 0.15) is 25.2 Å². The molecule has 1 aromatic heterocycles. The van der Waals surface area contributed by atoms with Crippen molar-refractivity contribution in [3.05, 3.63) is 5.82 Å². The standard InChI is InChI=1S/C8H14N6O3/c1-5(7-10-12-13-11-7)9-8(17)14(2)4-3-6(15)16/h5H,3-4H2,1-2H3,(H,9,17)(H,15,16)(H,10,11,12,13). The largest absolute Gasteiger partial charge is 0.481 e. The molecule has 0 aliphatic carbocycles. The molecule has 0 spiro atoms. The van der Waals surface area contributed by atoms with E-state index in [1.807, 2.05) is 0 Å². The second-order valence-electron chi connectivity index (χ2n) is 3.51. The fraction of sp³-hybridized carbons (Fsp3) is 0.625. The molecule has 9 nitrogen and oxygen atoms in total. The van der Waals surface area contributed by atoms with E-state index in [1.54, 1.807) is 6.92 Å². The van der Waals surface area contributed by atoms with Crippen molar-refractivity contribution in [3.63, 3.8) is 0 Å². The van der Waals surface area contributed by atoms with Gasteiger partial charge in [-0.2, -0.15) is 5.21 Å². The molecule has 0 saturated heterocycles. The van der Waals surface area contributed by atoms with Crippen LogP contribution in [0.2, 0.25) is 0 Å². The Morgan fingerprint density at radius 2 is 2.29 bits per heavy atom. The van der Waals surface area contributed by atoms with E-state index in [4.69, 9.17) is 5.11 Å². The van der Waals surface area contributed by atoms with Gasteiger partial charge in [-0.05, 0) is 6.92 Å². The van der Waals surface area contributed by atoms with E-state index in [1.165, 1.54) is 11.9 Å². The number of urea groups is 1. The summed E-state index contributed by atoms with van der Waals surface area (Å²) >= 11 is 0. The van der Waals surface area contributed by atoms with Crippen molar-refractivity contribution < 1.29 is 14.7 Å². The Morgan fingerprint density at radius 3 is 2.82 bits per heavy atom. The Bertz CT molecular complexity index is 379. The molecule has 1 aromatic rings. The molecule has 1 atom stereocenters. The van der Waals surface area contributed by atoms with E-state index >= 15 is 0 Å². The average molecular weight is 242 g/mol. The monoisotopic (exact) mass is 242 g/mol. The van der Waals surface area contributed by atoms with Crippen LogP contribution in [0.15, 0.2) is 0 Å². The molecule has 3 N–H and O–H groups in total. The predicted octanol–water partition coefficient (Wildman–Crippen LogP) is -0.623. The topological polar surface area (TPSA) is 124 Å². The number of nitrogens with zero attached hydrogens (tertiary/aromatic N) is 4. The van der Waals surface area contributed by atoms with Crippen molar-refractivity contribution in [3.8, 4) is 0 Å². The van der Waals surface area contributed by atoms with Gasteiger partial charge in [-0.25, -0.2) is 4.79 Å². The van der Waals surface area contributed by atoms with Crippen molar-refractivity contribution in [2.75, 3.05) is 13.6 Å². The number of carboxylic acids is 1. The zero-order valence-electron chi connectivity index (χ0n) is 9.54. The Hall–Kier alpha value is -2.19. The van der Waals surface area contributed by atoms with Gasteiger partial charge in [0.05, 0.1) is 12.5 Å². The van der Waals surface area contributed by atoms with Crippen LogP contribution in [-0.2, 0) is 4.79 Å². The van der Waals surface area contributed by atoms with E-state index in [2.05, 4.69) is 25.9 Å². The molecule has 1 unspecified atom stereocenters. The van der Waals surface area contributed by atoms with Crippen molar-refractivity contribution >= 4 is 12.0 Å². The van der Waals surface area contributed by atoms with E-state index < -0.39 is 12.0 Å². The highest BCUT2D eigenvalue weighted by atomic mass is 16.4. The number of carbonyl (C=O) groups is 2. The number of aromatic nitrogens is 4. The van der Waals surface area contributed by atoms with E-state index in [-0.39, 0.29) is 19.0 Å². The van der Waals surface area contributed by atoms with Crippen LogP contribution < -0.4 is 5.32 Å². The van der Waals surface area contributed by atoms with Gasteiger partial charge < -0.3 is 15.3 Å². The van der Waals surface area contributed by atoms with Crippen molar-refractivity contribution in [1.29, 1.82) is 0 Å². The molecule has 0 saturated carbocycles. The molecular weight excluding hydrogens is 228 g/mol. The Labute approximate surface area is 97.2 Å². The number of nitrogens with one attached hydrogen (secondary N) is 2. The van der Waals surface area contributed by atoms with E-state index in [0.29, 0.717) is 5.82 Å². The lowest BCUT2D eigenvalue weighted by Crippen LogP contribution is -2.39. The molecule has 0 fully saturated rings. The third-order valence-corrected chi connectivity index (χ3v) is 2.10. The summed E-state index contributed by atoms with van der Waals surface area (Å²) in [5, 5.41) is 24.2. The molecule has 94 valence electrons. The summed E-state index contributed by atoms with van der Waals surface area (Å²) in [4.78, 5) is 23.2. The number of aliphatic carboxylic acids is 1. The lowest BCUT2D eigenvalue weighted by Gasteiger charge is -2.19. The first kappa shape index (κ1) is 12.9. The number of carbonyl (C=O) groups excluding carboxylic acids is 1. The van der Waals surface area contributed by atoms with Crippen molar-refractivity contribution in [2.45, 2.75) is 19.4 Å². The predicted molar refractivity (Wildman–Crippen MR) is 56.0 cm³/mol. The maximum Gasteiger partial charge on any atom is 0.317 e. The van der Waals surface area contributed by atoms with Gasteiger partial charge in [-0.3, -0.25) is 4.79 Å². The number of carboxylic acid groups (broad SMARTS) is 1. The lowest BCUT2D eigenvalue weighted by molar-refractivity contribution is -0.137. The number of tetrazole rings is 1.